The van der Waals surface area contributed by atoms with Crippen LogP contribution in [0.2, 0.25) is 0 Å². The molecule has 1 aromatic rings. The summed E-state index contributed by atoms with van der Waals surface area (Å²) in [5, 5.41) is 18.7. The second-order valence-electron chi connectivity index (χ2n) is 11.0. The molecule has 204 valence electrons. The monoisotopic (exact) mass is 505 g/mol. The first-order valence-corrected chi connectivity index (χ1v) is 14.1. The van der Waals surface area contributed by atoms with Gasteiger partial charge in [0.15, 0.2) is 0 Å². The lowest BCUT2D eigenvalue weighted by Crippen LogP contribution is -2.54. The molecule has 0 bridgehead atoms. The second-order valence-corrected chi connectivity index (χ2v) is 11.0. The van der Waals surface area contributed by atoms with Gasteiger partial charge in [0, 0.05) is 45.3 Å². The standard InChI is InChI=1S/C29H48FN3O3/c1-22-26(14-9-15-27(22)30)29(35,16-7-8-18-36-3)24-13-10-17-33(21-24)28(34)32-25(20-31-2)19-23-11-5-4-6-12-23/h9,14-15,23-25,31,35H,4-8,10-13,16-21H2,1-3H3,(H,32,34)/t24-,25+,29-/m1/s1. The summed E-state index contributed by atoms with van der Waals surface area (Å²) in [5.41, 5.74) is -0.0434. The fourth-order valence-corrected chi connectivity index (χ4v) is 6.36. The van der Waals surface area contributed by atoms with Gasteiger partial charge in [0.25, 0.3) is 0 Å². The summed E-state index contributed by atoms with van der Waals surface area (Å²) >= 11 is 0. The molecule has 1 aliphatic carbocycles. The molecule has 1 saturated heterocycles. The van der Waals surface area contributed by atoms with E-state index in [1.807, 2.05) is 18.0 Å². The zero-order chi connectivity index (χ0) is 26.0. The summed E-state index contributed by atoms with van der Waals surface area (Å²) in [5.74, 6) is 0.228. The Morgan fingerprint density at radius 2 is 2.00 bits per heavy atom. The van der Waals surface area contributed by atoms with Crippen LogP contribution in [0.25, 0.3) is 0 Å². The molecule has 0 radical (unpaired) electrons. The van der Waals surface area contributed by atoms with Crippen LogP contribution < -0.4 is 10.6 Å². The number of carbonyl (C=O) groups is 1. The number of urea groups is 1. The third kappa shape index (κ3) is 7.65. The molecular weight excluding hydrogens is 457 g/mol. The molecule has 2 fully saturated rings. The van der Waals surface area contributed by atoms with Gasteiger partial charge in [-0.3, -0.25) is 0 Å². The topological polar surface area (TPSA) is 73.8 Å². The number of benzene rings is 1. The molecule has 1 saturated carbocycles. The lowest BCUT2D eigenvalue weighted by atomic mass is 9.73. The molecule has 1 aromatic carbocycles. The number of aliphatic hydroxyl groups is 1. The minimum Gasteiger partial charge on any atom is -0.385 e. The van der Waals surface area contributed by atoms with Crippen molar-refractivity contribution in [2.24, 2.45) is 11.8 Å². The summed E-state index contributed by atoms with van der Waals surface area (Å²) < 4.78 is 19.7. The summed E-state index contributed by atoms with van der Waals surface area (Å²) in [6, 6.07) is 5.02. The van der Waals surface area contributed by atoms with E-state index < -0.39 is 5.60 Å². The van der Waals surface area contributed by atoms with Crippen LogP contribution in [0.1, 0.15) is 81.8 Å². The van der Waals surface area contributed by atoms with Crippen LogP contribution in [-0.4, -0.2) is 62.5 Å². The van der Waals surface area contributed by atoms with Crippen molar-refractivity contribution < 1.29 is 19.0 Å². The van der Waals surface area contributed by atoms with Crippen molar-refractivity contribution in [3.63, 3.8) is 0 Å². The van der Waals surface area contributed by atoms with Gasteiger partial charge in [-0.05, 0) is 75.6 Å². The molecule has 3 rings (SSSR count). The molecule has 0 aromatic heterocycles. The Balaban J connectivity index is 1.72. The van der Waals surface area contributed by atoms with Gasteiger partial charge >= 0.3 is 6.03 Å². The van der Waals surface area contributed by atoms with Crippen LogP contribution in [0, 0.1) is 24.6 Å². The Hall–Kier alpha value is -1.70. The third-order valence-electron chi connectivity index (χ3n) is 8.40. The fraction of sp³-hybridized carbons (Fsp3) is 0.759. The molecule has 7 heteroatoms. The summed E-state index contributed by atoms with van der Waals surface area (Å²) in [7, 11) is 3.61. The summed E-state index contributed by atoms with van der Waals surface area (Å²) in [4.78, 5) is 15.3. The Morgan fingerprint density at radius 1 is 1.22 bits per heavy atom. The van der Waals surface area contributed by atoms with Gasteiger partial charge in [-0.1, -0.05) is 44.2 Å². The molecule has 3 N–H and O–H groups in total. The first kappa shape index (κ1) is 28.9. The van der Waals surface area contributed by atoms with Crippen LogP contribution in [0.3, 0.4) is 0 Å². The van der Waals surface area contributed by atoms with Gasteiger partial charge in [-0.2, -0.15) is 0 Å². The van der Waals surface area contributed by atoms with E-state index in [1.54, 1.807) is 20.1 Å². The average Bonchev–Trinajstić information content (AvgIpc) is 2.89. The van der Waals surface area contributed by atoms with E-state index in [0.717, 1.165) is 38.6 Å². The lowest BCUT2D eigenvalue weighted by Gasteiger charge is -2.43. The van der Waals surface area contributed by atoms with E-state index in [0.29, 0.717) is 43.2 Å². The van der Waals surface area contributed by atoms with E-state index in [9.17, 15) is 14.3 Å². The van der Waals surface area contributed by atoms with Crippen LogP contribution in [0.4, 0.5) is 9.18 Å². The zero-order valence-corrected chi connectivity index (χ0v) is 22.7. The number of likely N-dealkylation sites (N-methyl/N-ethyl adjacent to an activating group) is 1. The predicted octanol–water partition coefficient (Wildman–Crippen LogP) is 5.12. The van der Waals surface area contributed by atoms with E-state index in [4.69, 9.17) is 4.74 Å². The molecule has 1 heterocycles. The highest BCUT2D eigenvalue weighted by molar-refractivity contribution is 5.74. The Labute approximate surface area is 217 Å². The van der Waals surface area contributed by atoms with Gasteiger partial charge in [0.2, 0.25) is 0 Å². The van der Waals surface area contributed by atoms with Crippen LogP contribution in [0.5, 0.6) is 0 Å². The number of nitrogens with zero attached hydrogens (tertiary/aromatic N) is 1. The molecule has 36 heavy (non-hydrogen) atoms. The van der Waals surface area contributed by atoms with Gasteiger partial charge in [-0.15, -0.1) is 0 Å². The highest BCUT2D eigenvalue weighted by Crippen LogP contribution is 2.41. The Kier molecular flexibility index (Phi) is 11.5. The molecule has 0 unspecified atom stereocenters. The SMILES string of the molecule is CNC[C@H](CC1CCCCC1)NC(=O)N1CCC[C@@H]([C@](O)(CCCCOC)c2cccc(F)c2C)C1. The second kappa shape index (κ2) is 14.3. The molecule has 1 aliphatic heterocycles. The van der Waals surface area contributed by atoms with Gasteiger partial charge in [0.05, 0.1) is 5.60 Å². The molecule has 2 amide bonds. The normalized spacial score (nSPS) is 21.7. The predicted molar refractivity (Wildman–Crippen MR) is 142 cm³/mol. The van der Waals surface area contributed by atoms with Crippen LogP contribution in [0.15, 0.2) is 18.2 Å². The third-order valence-corrected chi connectivity index (χ3v) is 8.40. The minimum absolute atomic E-state index is 0.0477. The smallest absolute Gasteiger partial charge is 0.317 e. The molecule has 6 nitrogen and oxygen atoms in total. The zero-order valence-electron chi connectivity index (χ0n) is 22.7. The maximum atomic E-state index is 14.5. The number of rotatable bonds is 12. The number of piperidine rings is 1. The number of methoxy groups -OCH3 is 1. The Morgan fingerprint density at radius 3 is 2.72 bits per heavy atom. The van der Waals surface area contributed by atoms with E-state index in [2.05, 4.69) is 10.6 Å². The fourth-order valence-electron chi connectivity index (χ4n) is 6.36. The van der Waals surface area contributed by atoms with E-state index in [1.165, 1.54) is 38.2 Å². The van der Waals surface area contributed by atoms with Gasteiger partial charge < -0.3 is 25.4 Å². The number of amides is 2. The first-order chi connectivity index (χ1) is 17.4. The van der Waals surface area contributed by atoms with Crippen molar-refractivity contribution in [3.8, 4) is 0 Å². The number of ether oxygens (including phenoxy) is 1. The van der Waals surface area contributed by atoms with Gasteiger partial charge in [0.1, 0.15) is 5.82 Å². The molecule has 3 atom stereocenters. The summed E-state index contributed by atoms with van der Waals surface area (Å²) in [6.07, 6.45) is 11.2. The molecular formula is C29H48FN3O3. The number of hydrogen-bond donors (Lipinski definition) is 3. The summed E-state index contributed by atoms with van der Waals surface area (Å²) in [6.45, 7) is 4.28. The van der Waals surface area contributed by atoms with Crippen LogP contribution >= 0.6 is 0 Å². The molecule has 2 aliphatic rings. The highest BCUT2D eigenvalue weighted by atomic mass is 19.1. The van der Waals surface area contributed by atoms with Crippen molar-refractivity contribution in [3.05, 3.63) is 35.1 Å². The largest absolute Gasteiger partial charge is 0.385 e. The number of hydrogen-bond acceptors (Lipinski definition) is 4. The number of nitrogens with one attached hydrogen (secondary N) is 2. The van der Waals surface area contributed by atoms with Crippen molar-refractivity contribution in [1.29, 1.82) is 0 Å². The van der Waals surface area contributed by atoms with E-state index >= 15 is 0 Å². The Bertz CT molecular complexity index is 817. The van der Waals surface area contributed by atoms with Crippen molar-refractivity contribution >= 4 is 6.03 Å². The van der Waals surface area contributed by atoms with Crippen molar-refractivity contribution in [1.82, 2.24) is 15.5 Å². The van der Waals surface area contributed by atoms with Gasteiger partial charge in [-0.25, -0.2) is 9.18 Å². The minimum atomic E-state index is -1.19. The first-order valence-electron chi connectivity index (χ1n) is 14.1. The maximum Gasteiger partial charge on any atom is 0.317 e. The number of halogens is 1. The maximum absolute atomic E-state index is 14.5. The van der Waals surface area contributed by atoms with Crippen LogP contribution in [-0.2, 0) is 10.3 Å². The van der Waals surface area contributed by atoms with E-state index in [-0.39, 0.29) is 23.8 Å². The highest BCUT2D eigenvalue weighted by Gasteiger charge is 2.42. The number of carbonyl (C=O) groups excluding carboxylic acids is 1. The van der Waals surface area contributed by atoms with Crippen molar-refractivity contribution in [2.75, 3.05) is 40.4 Å². The lowest BCUT2D eigenvalue weighted by molar-refractivity contribution is -0.0570. The quantitative estimate of drug-likeness (QED) is 0.345. The number of unbranched alkanes of at least 4 members (excludes halogenated alkanes) is 1. The molecule has 0 spiro atoms. The number of likely N-dealkylation sites (tertiary alicyclic amines) is 1. The van der Waals surface area contributed by atoms with Crippen molar-refractivity contribution in [2.45, 2.75) is 89.2 Å². The average molecular weight is 506 g/mol.